The first-order valence-corrected chi connectivity index (χ1v) is 6.24. The van der Waals surface area contributed by atoms with Gasteiger partial charge in [-0.2, -0.15) is 0 Å². The summed E-state index contributed by atoms with van der Waals surface area (Å²) in [4.78, 5) is 2.14. The maximum Gasteiger partial charge on any atom is 0.169 e. The zero-order valence-corrected chi connectivity index (χ0v) is 11.7. The Bertz CT molecular complexity index is 369. The molecule has 0 aliphatic heterocycles. The molecule has 0 saturated heterocycles. The van der Waals surface area contributed by atoms with Gasteiger partial charge in [0.1, 0.15) is 0 Å². The molecule has 0 fully saturated rings. The highest BCUT2D eigenvalue weighted by atomic mass is 19.1. The van der Waals surface area contributed by atoms with Crippen LogP contribution in [0.3, 0.4) is 0 Å². The lowest BCUT2D eigenvalue weighted by atomic mass is 10.1. The second-order valence-electron chi connectivity index (χ2n) is 4.81. The van der Waals surface area contributed by atoms with Crippen LogP contribution in [0.15, 0.2) is 18.2 Å². The van der Waals surface area contributed by atoms with Gasteiger partial charge in [0.25, 0.3) is 0 Å². The summed E-state index contributed by atoms with van der Waals surface area (Å²) in [6.07, 6.45) is 1.04. The van der Waals surface area contributed by atoms with E-state index in [4.69, 9.17) is 4.74 Å². The summed E-state index contributed by atoms with van der Waals surface area (Å²) in [5, 5.41) is 3.32. The molecule has 102 valence electrons. The normalized spacial score (nSPS) is 12.8. The van der Waals surface area contributed by atoms with E-state index in [1.165, 1.54) is 7.11 Å². The summed E-state index contributed by atoms with van der Waals surface area (Å²) in [7, 11) is 5.58. The van der Waals surface area contributed by atoms with E-state index >= 15 is 0 Å². The second kappa shape index (κ2) is 7.34. The molecule has 0 amide bonds. The van der Waals surface area contributed by atoms with Gasteiger partial charge in [0.05, 0.1) is 7.11 Å². The van der Waals surface area contributed by atoms with E-state index in [2.05, 4.69) is 31.2 Å². The number of rotatable bonds is 7. The Kier molecular flexibility index (Phi) is 6.09. The molecule has 1 N–H and O–H groups in total. The molecule has 1 atom stereocenters. The van der Waals surface area contributed by atoms with Crippen molar-refractivity contribution in [2.75, 3.05) is 27.7 Å². The first kappa shape index (κ1) is 14.9. The first-order valence-electron chi connectivity index (χ1n) is 6.24. The maximum atomic E-state index is 13.9. The molecular weight excluding hydrogens is 231 g/mol. The molecule has 1 aromatic rings. The van der Waals surface area contributed by atoms with Gasteiger partial charge in [-0.3, -0.25) is 0 Å². The summed E-state index contributed by atoms with van der Waals surface area (Å²) in [5.74, 6) is 0.0301. The Morgan fingerprint density at radius 3 is 2.72 bits per heavy atom. The standard InChI is InChI=1S/C14H23FN2O/c1-11(8-9-17(2)3)16-10-12-6-5-7-13(18-4)14(12)15/h5-7,11,16H,8-10H2,1-4H3. The van der Waals surface area contributed by atoms with Crippen molar-refractivity contribution in [1.29, 1.82) is 0 Å². The van der Waals surface area contributed by atoms with Gasteiger partial charge in [-0.15, -0.1) is 0 Å². The molecule has 0 spiro atoms. The van der Waals surface area contributed by atoms with Gasteiger partial charge in [-0.25, -0.2) is 4.39 Å². The summed E-state index contributed by atoms with van der Waals surface area (Å²) in [6, 6.07) is 5.58. The molecule has 0 aliphatic rings. The van der Waals surface area contributed by atoms with Crippen LogP contribution in [0.5, 0.6) is 5.75 Å². The van der Waals surface area contributed by atoms with Crippen LogP contribution < -0.4 is 10.1 Å². The Hall–Kier alpha value is -1.13. The van der Waals surface area contributed by atoms with Crippen molar-refractivity contribution >= 4 is 0 Å². The van der Waals surface area contributed by atoms with E-state index in [9.17, 15) is 4.39 Å². The fraction of sp³-hybridized carbons (Fsp3) is 0.571. The van der Waals surface area contributed by atoms with Crippen LogP contribution in [-0.4, -0.2) is 38.7 Å². The SMILES string of the molecule is COc1cccc(CNC(C)CCN(C)C)c1F. The molecular formula is C14H23FN2O. The minimum absolute atomic E-state index is 0.271. The van der Waals surface area contributed by atoms with Gasteiger partial charge >= 0.3 is 0 Å². The molecule has 0 heterocycles. The van der Waals surface area contributed by atoms with E-state index in [0.717, 1.165) is 13.0 Å². The van der Waals surface area contributed by atoms with Crippen molar-refractivity contribution in [1.82, 2.24) is 10.2 Å². The first-order chi connectivity index (χ1) is 8.54. The average Bonchev–Trinajstić information content (AvgIpc) is 2.35. The summed E-state index contributed by atoms with van der Waals surface area (Å²) >= 11 is 0. The van der Waals surface area contributed by atoms with Crippen molar-refractivity contribution in [3.05, 3.63) is 29.6 Å². The summed E-state index contributed by atoms with van der Waals surface area (Å²) in [5.41, 5.74) is 0.644. The molecule has 1 unspecified atom stereocenters. The number of methoxy groups -OCH3 is 1. The van der Waals surface area contributed by atoms with E-state index in [-0.39, 0.29) is 5.82 Å². The molecule has 0 radical (unpaired) electrons. The third-order valence-electron chi connectivity index (χ3n) is 2.91. The number of nitrogens with zero attached hydrogens (tertiary/aromatic N) is 1. The largest absolute Gasteiger partial charge is 0.494 e. The van der Waals surface area contributed by atoms with Crippen LogP contribution in [0.1, 0.15) is 18.9 Å². The quantitative estimate of drug-likeness (QED) is 0.808. The molecule has 18 heavy (non-hydrogen) atoms. The smallest absolute Gasteiger partial charge is 0.169 e. The Labute approximate surface area is 109 Å². The van der Waals surface area contributed by atoms with Gasteiger partial charge in [0.15, 0.2) is 11.6 Å². The highest BCUT2D eigenvalue weighted by Crippen LogP contribution is 2.19. The summed E-state index contributed by atoms with van der Waals surface area (Å²) in [6.45, 7) is 3.66. The van der Waals surface area contributed by atoms with Crippen molar-refractivity contribution in [2.45, 2.75) is 25.9 Å². The Morgan fingerprint density at radius 2 is 2.11 bits per heavy atom. The van der Waals surface area contributed by atoms with Crippen molar-refractivity contribution in [2.24, 2.45) is 0 Å². The fourth-order valence-corrected chi connectivity index (χ4v) is 1.69. The zero-order valence-electron chi connectivity index (χ0n) is 11.7. The van der Waals surface area contributed by atoms with Crippen LogP contribution in [0.4, 0.5) is 4.39 Å². The molecule has 0 bridgehead atoms. The van der Waals surface area contributed by atoms with Gasteiger partial charge in [-0.05, 0) is 40.1 Å². The maximum absolute atomic E-state index is 13.9. The second-order valence-corrected chi connectivity index (χ2v) is 4.81. The minimum Gasteiger partial charge on any atom is -0.494 e. The highest BCUT2D eigenvalue weighted by Gasteiger charge is 2.09. The van der Waals surface area contributed by atoms with E-state index < -0.39 is 0 Å². The lowest BCUT2D eigenvalue weighted by Gasteiger charge is -2.17. The lowest BCUT2D eigenvalue weighted by Crippen LogP contribution is -2.29. The summed E-state index contributed by atoms with van der Waals surface area (Å²) < 4.78 is 18.8. The van der Waals surface area contributed by atoms with Crippen molar-refractivity contribution in [3.8, 4) is 5.75 Å². The molecule has 0 aliphatic carbocycles. The number of benzene rings is 1. The third kappa shape index (κ3) is 4.63. The number of hydrogen-bond donors (Lipinski definition) is 1. The van der Waals surface area contributed by atoms with Crippen LogP contribution in [0.25, 0.3) is 0 Å². The molecule has 1 aromatic carbocycles. The highest BCUT2D eigenvalue weighted by molar-refractivity contribution is 5.30. The molecule has 0 saturated carbocycles. The monoisotopic (exact) mass is 254 g/mol. The average molecular weight is 254 g/mol. The van der Waals surface area contributed by atoms with Crippen LogP contribution >= 0.6 is 0 Å². The van der Waals surface area contributed by atoms with E-state index in [1.807, 2.05) is 6.07 Å². The third-order valence-corrected chi connectivity index (χ3v) is 2.91. The van der Waals surface area contributed by atoms with Gasteiger partial charge in [0.2, 0.25) is 0 Å². The van der Waals surface area contributed by atoms with Crippen LogP contribution in [-0.2, 0) is 6.54 Å². The Balaban J connectivity index is 2.48. The van der Waals surface area contributed by atoms with Gasteiger partial charge in [-0.1, -0.05) is 12.1 Å². The van der Waals surface area contributed by atoms with E-state index in [0.29, 0.717) is 23.9 Å². The predicted octanol–water partition coefficient (Wildman–Crippen LogP) is 2.26. The van der Waals surface area contributed by atoms with Crippen LogP contribution in [0.2, 0.25) is 0 Å². The van der Waals surface area contributed by atoms with Crippen molar-refractivity contribution < 1.29 is 9.13 Å². The Morgan fingerprint density at radius 1 is 1.39 bits per heavy atom. The molecule has 0 aromatic heterocycles. The fourth-order valence-electron chi connectivity index (χ4n) is 1.69. The zero-order chi connectivity index (χ0) is 13.5. The molecule has 1 rings (SSSR count). The minimum atomic E-state index is -0.271. The topological polar surface area (TPSA) is 24.5 Å². The number of halogens is 1. The van der Waals surface area contributed by atoms with E-state index in [1.54, 1.807) is 12.1 Å². The number of hydrogen-bond acceptors (Lipinski definition) is 3. The molecule has 3 nitrogen and oxygen atoms in total. The number of nitrogens with one attached hydrogen (secondary N) is 1. The predicted molar refractivity (Wildman–Crippen MR) is 72.4 cm³/mol. The van der Waals surface area contributed by atoms with Crippen molar-refractivity contribution in [3.63, 3.8) is 0 Å². The van der Waals surface area contributed by atoms with Crippen LogP contribution in [0, 0.1) is 5.82 Å². The molecule has 4 heteroatoms. The van der Waals surface area contributed by atoms with Gasteiger partial charge in [0, 0.05) is 18.2 Å². The lowest BCUT2D eigenvalue weighted by molar-refractivity contribution is 0.362. The van der Waals surface area contributed by atoms with Gasteiger partial charge < -0.3 is 15.0 Å². The number of ether oxygens (including phenoxy) is 1.